The van der Waals surface area contributed by atoms with E-state index < -0.39 is 11.9 Å². The Bertz CT molecular complexity index is 1690. The van der Waals surface area contributed by atoms with E-state index in [1.54, 1.807) is 9.80 Å². The Hall–Kier alpha value is -5.44. The fraction of sp³-hybridized carbons (Fsp3) is 0.429. The Morgan fingerprint density at radius 1 is 0.500 bits per heavy atom. The lowest BCUT2D eigenvalue weighted by atomic mass is 10.0. The van der Waals surface area contributed by atoms with Crippen molar-refractivity contribution >= 4 is 35.1 Å². The van der Waals surface area contributed by atoms with Gasteiger partial charge in [-0.2, -0.15) is 0 Å². The normalized spacial score (nSPS) is 17.8. The van der Waals surface area contributed by atoms with E-state index in [4.69, 9.17) is 5.11 Å². The maximum Gasteiger partial charge on any atom is 0.227 e. The van der Waals surface area contributed by atoms with Crippen molar-refractivity contribution in [2.45, 2.75) is 89.1 Å². The van der Waals surface area contributed by atoms with E-state index in [0.717, 1.165) is 96.3 Å². The maximum atomic E-state index is 12.9. The summed E-state index contributed by atoms with van der Waals surface area (Å²) in [6.45, 7) is 6.42. The first-order valence-corrected chi connectivity index (χ1v) is 21.6. The summed E-state index contributed by atoms with van der Waals surface area (Å²) in [5.74, 6) is -2.18. The van der Waals surface area contributed by atoms with Crippen LogP contribution in [0.3, 0.4) is 0 Å². The van der Waals surface area contributed by atoms with Gasteiger partial charge in [0.1, 0.15) is 0 Å². The van der Waals surface area contributed by atoms with E-state index >= 15 is 0 Å². The van der Waals surface area contributed by atoms with Crippen molar-refractivity contribution in [1.82, 2.24) is 0 Å². The van der Waals surface area contributed by atoms with Crippen molar-refractivity contribution in [3.63, 3.8) is 0 Å². The Balaban J connectivity index is 0.000000398. The predicted octanol–water partition coefficient (Wildman–Crippen LogP) is 0.419. The summed E-state index contributed by atoms with van der Waals surface area (Å²) in [6, 6.07) is 41.0. The number of benzene rings is 4. The average molecular weight is 857 g/mol. The van der Waals surface area contributed by atoms with Crippen molar-refractivity contribution < 1.29 is 55.2 Å². The van der Waals surface area contributed by atoms with Gasteiger partial charge < -0.3 is 55.5 Å². The van der Waals surface area contributed by atoms with E-state index in [2.05, 4.69) is 48.5 Å². The topological polar surface area (TPSA) is 213 Å². The van der Waals surface area contributed by atoms with Crippen LogP contribution >= 0.6 is 0 Å². The number of nitrogens with zero attached hydrogens (tertiary/aromatic N) is 2. The summed E-state index contributed by atoms with van der Waals surface area (Å²) in [6.07, 6.45) is 6.99. The summed E-state index contributed by atoms with van der Waals surface area (Å²) < 4.78 is 0. The molecule has 0 saturated carbocycles. The van der Waals surface area contributed by atoms with Crippen LogP contribution in [0.4, 0.5) is 11.4 Å². The number of para-hydroxylation sites is 2. The molecule has 4 aromatic rings. The number of hydrogen-bond acceptors (Lipinski definition) is 7. The predicted molar refractivity (Wildman–Crippen MR) is 238 cm³/mol. The zero-order chi connectivity index (χ0) is 43.0. The molecule has 2 saturated heterocycles. The number of rotatable bonds is 18. The van der Waals surface area contributed by atoms with Crippen LogP contribution in [-0.4, -0.2) is 98.3 Å². The second-order valence-electron chi connectivity index (χ2n) is 15.6. The van der Waals surface area contributed by atoms with Gasteiger partial charge in [-0.1, -0.05) is 97.1 Å². The molecule has 2 aliphatic rings. The van der Waals surface area contributed by atoms with Gasteiger partial charge in [0, 0.05) is 93.9 Å². The molecule has 2 amide bonds. The molecule has 7 N–H and O–H groups in total. The van der Waals surface area contributed by atoms with Gasteiger partial charge in [0.2, 0.25) is 11.8 Å². The third-order valence-electron chi connectivity index (χ3n) is 11.4. The first-order valence-electron chi connectivity index (χ1n) is 21.6. The van der Waals surface area contributed by atoms with Gasteiger partial charge in [-0.25, -0.2) is 0 Å². The number of hydrogen-bond donors (Lipinski definition) is 3. The van der Waals surface area contributed by atoms with Crippen LogP contribution in [-0.2, 0) is 32.0 Å². The fourth-order valence-corrected chi connectivity index (χ4v) is 8.27. The van der Waals surface area contributed by atoms with E-state index in [1.807, 2.05) is 82.6 Å². The highest BCUT2D eigenvalue weighted by Crippen LogP contribution is 2.24. The second kappa shape index (κ2) is 29.8. The molecule has 13 nitrogen and oxygen atoms in total. The number of carboxylic acids is 2. The molecule has 0 unspecified atom stereocenters. The molecule has 13 heteroatoms. The SMILES string of the molecule is CO.O.O.O=C([O-])CCCC(=O)N(c1ccccc1)C1CC[NH+](CCc2ccccc2)CC1.O=C([O-])CCCC(=O)N(c1ccccc1)C1CC[NH+](CCc2ccccc2)CC1. The van der Waals surface area contributed by atoms with Crippen molar-refractivity contribution in [3.05, 3.63) is 132 Å². The van der Waals surface area contributed by atoms with Gasteiger partial charge in [-0.15, -0.1) is 0 Å². The summed E-state index contributed by atoms with van der Waals surface area (Å²) >= 11 is 0. The maximum absolute atomic E-state index is 12.9. The molecule has 6 rings (SSSR count). The van der Waals surface area contributed by atoms with Gasteiger partial charge in [0.25, 0.3) is 0 Å². The first-order chi connectivity index (χ1) is 29.3. The minimum Gasteiger partial charge on any atom is -0.550 e. The smallest absolute Gasteiger partial charge is 0.227 e. The van der Waals surface area contributed by atoms with Crippen molar-refractivity contribution in [2.75, 3.05) is 56.2 Å². The van der Waals surface area contributed by atoms with Gasteiger partial charge in [-0.3, -0.25) is 9.59 Å². The number of carbonyl (C=O) groups excluding carboxylic acids is 4. The summed E-state index contributed by atoms with van der Waals surface area (Å²) in [5.41, 5.74) is 4.56. The lowest BCUT2D eigenvalue weighted by Crippen LogP contribution is -3.13. The minimum atomic E-state index is -1.10. The minimum absolute atomic E-state index is 0. The Labute approximate surface area is 367 Å². The van der Waals surface area contributed by atoms with Crippen LogP contribution in [0.2, 0.25) is 0 Å². The number of aliphatic carboxylic acids is 2. The number of likely N-dealkylation sites (tertiary alicyclic amines) is 2. The van der Waals surface area contributed by atoms with Crippen LogP contribution in [0, 0.1) is 0 Å². The number of piperidine rings is 2. The van der Waals surface area contributed by atoms with E-state index in [9.17, 15) is 29.4 Å². The molecular weight excluding hydrogens is 789 g/mol. The molecule has 2 aliphatic heterocycles. The highest BCUT2D eigenvalue weighted by Gasteiger charge is 2.32. The van der Waals surface area contributed by atoms with Gasteiger partial charge in [0.15, 0.2) is 0 Å². The van der Waals surface area contributed by atoms with Crippen molar-refractivity contribution in [1.29, 1.82) is 0 Å². The molecule has 0 bridgehead atoms. The lowest BCUT2D eigenvalue weighted by molar-refractivity contribution is -0.905. The van der Waals surface area contributed by atoms with Crippen LogP contribution < -0.4 is 29.8 Å². The molecule has 0 radical (unpaired) electrons. The molecule has 2 fully saturated rings. The third kappa shape index (κ3) is 18.3. The number of carboxylic acid groups (broad SMARTS) is 2. The number of nitrogens with one attached hydrogen (secondary N) is 2. The number of anilines is 2. The van der Waals surface area contributed by atoms with Crippen molar-refractivity contribution in [2.24, 2.45) is 0 Å². The molecule has 0 spiro atoms. The Kier molecular flexibility index (Phi) is 25.3. The molecule has 62 heavy (non-hydrogen) atoms. The molecule has 0 atom stereocenters. The van der Waals surface area contributed by atoms with E-state index in [1.165, 1.54) is 11.1 Å². The first kappa shape index (κ1) is 52.7. The number of quaternary nitrogens is 2. The monoisotopic (exact) mass is 856 g/mol. The zero-order valence-electron chi connectivity index (χ0n) is 36.2. The molecule has 2 heterocycles. The van der Waals surface area contributed by atoms with Gasteiger partial charge >= 0.3 is 0 Å². The highest BCUT2D eigenvalue weighted by atomic mass is 16.4. The van der Waals surface area contributed by atoms with Crippen LogP contribution in [0.5, 0.6) is 0 Å². The summed E-state index contributed by atoms with van der Waals surface area (Å²) in [7, 11) is 1.00. The van der Waals surface area contributed by atoms with Gasteiger partial charge in [-0.05, 0) is 61.1 Å². The number of aliphatic hydroxyl groups excluding tert-OH is 1. The number of carbonyl (C=O) groups is 4. The van der Waals surface area contributed by atoms with Crippen LogP contribution in [0.1, 0.15) is 75.3 Å². The Morgan fingerprint density at radius 3 is 1.08 bits per heavy atom. The standard InChI is InChI=1S/2C24H30N2O3.CH4O.2H2O/c2*27-23(12-7-13-24(28)29)26(21-10-5-2-6-11-21)22-15-18-25(19-16-22)17-14-20-8-3-1-4-9-20;1-2;;/h2*1-6,8-11,22H,7,12-19H2,(H,28,29);2H,1H3;2*1H2. The zero-order valence-corrected chi connectivity index (χ0v) is 36.2. The van der Waals surface area contributed by atoms with Crippen molar-refractivity contribution in [3.8, 4) is 0 Å². The van der Waals surface area contributed by atoms with Crippen LogP contribution in [0.15, 0.2) is 121 Å². The molecule has 4 aromatic carbocycles. The summed E-state index contributed by atoms with van der Waals surface area (Å²) in [5, 5.41) is 28.4. The Morgan fingerprint density at radius 2 is 0.790 bits per heavy atom. The summed E-state index contributed by atoms with van der Waals surface area (Å²) in [4.78, 5) is 54.2. The van der Waals surface area contributed by atoms with E-state index in [-0.39, 0.29) is 60.5 Å². The van der Waals surface area contributed by atoms with Crippen LogP contribution in [0.25, 0.3) is 0 Å². The second-order valence-corrected chi connectivity index (χ2v) is 15.6. The quantitative estimate of drug-likeness (QED) is 0.128. The number of amides is 2. The fourth-order valence-electron chi connectivity index (χ4n) is 8.27. The third-order valence-corrected chi connectivity index (χ3v) is 11.4. The largest absolute Gasteiger partial charge is 0.550 e. The van der Waals surface area contributed by atoms with E-state index in [0.29, 0.717) is 12.8 Å². The van der Waals surface area contributed by atoms with Gasteiger partial charge in [0.05, 0.1) is 39.3 Å². The highest BCUT2D eigenvalue weighted by molar-refractivity contribution is 5.94. The average Bonchev–Trinajstić information content (AvgIpc) is 3.28. The molecular formula is C49H68N4O9. The number of aliphatic hydroxyl groups is 1. The molecule has 0 aliphatic carbocycles. The molecule has 0 aromatic heterocycles. The molecule has 338 valence electrons. The lowest BCUT2D eigenvalue weighted by Gasteiger charge is -2.37.